The van der Waals surface area contributed by atoms with Crippen molar-refractivity contribution in [1.29, 1.82) is 0 Å². The van der Waals surface area contributed by atoms with E-state index in [1.807, 2.05) is 0 Å². The molecule has 0 radical (unpaired) electrons. The predicted molar refractivity (Wildman–Crippen MR) is 169 cm³/mol. The zero-order chi connectivity index (χ0) is 37.8. The number of rotatable bonds is 18. The van der Waals surface area contributed by atoms with E-state index in [9.17, 15) is 59.7 Å². The standard InChI is InChI=1S/C30H53N5O15/c1-14(39)32-22-18(9-16(11-37)24(43)26(22)45)48-13-21(42)34-17(28(47)31-6-8-49-30(3,4)5-7-36)10-20(41)35-29-23(33-15(2)40)27(46)25(44)19(12-38)50-29/h16-19,22-27,29,36-38,43-46H,5-13H2,1-4H3,(H,31,47)(H,32,39)(H,33,40)(H,34,42)(H,35,41)/t16?,17-,18?,19?,22?,23?,24?,25?,26?,27?,29?/m0/s1. The molecule has 2 fully saturated rings. The number of carbonyl (C=O) groups excluding carboxylic acids is 5. The molecule has 20 nitrogen and oxygen atoms in total. The van der Waals surface area contributed by atoms with Crippen LogP contribution in [0.25, 0.3) is 0 Å². The van der Waals surface area contributed by atoms with Gasteiger partial charge in [0.05, 0.1) is 43.5 Å². The topological polar surface area (TPSA) is 315 Å². The van der Waals surface area contributed by atoms with Crippen LogP contribution in [0.5, 0.6) is 0 Å². The number of hydrogen-bond acceptors (Lipinski definition) is 15. The molecular weight excluding hydrogens is 670 g/mol. The Morgan fingerprint density at radius 3 is 2.04 bits per heavy atom. The molecule has 12 N–H and O–H groups in total. The van der Waals surface area contributed by atoms with Gasteiger partial charge < -0.3 is 76.5 Å². The lowest BCUT2D eigenvalue weighted by molar-refractivity contribution is -0.203. The van der Waals surface area contributed by atoms with Crippen molar-refractivity contribution >= 4 is 29.5 Å². The summed E-state index contributed by atoms with van der Waals surface area (Å²) in [6.07, 6.45) is -10.5. The first kappa shape index (κ1) is 43.1. The number of amides is 5. The van der Waals surface area contributed by atoms with E-state index in [0.717, 1.165) is 6.92 Å². The van der Waals surface area contributed by atoms with E-state index in [1.165, 1.54) is 6.92 Å². The van der Waals surface area contributed by atoms with Gasteiger partial charge in [0.1, 0.15) is 43.1 Å². The SMILES string of the molecule is CC(=O)NC1C(OCC(=O)N[C@@H](CC(=O)NC2OC(CO)C(O)C(O)C2NC(C)=O)C(=O)NCCOC(C)(C)CCO)CC(CO)C(O)C1O. The molecular formula is C30H53N5O15. The molecule has 10 unspecified atom stereocenters. The fourth-order valence-electron chi connectivity index (χ4n) is 5.70. The van der Waals surface area contributed by atoms with Crippen molar-refractivity contribution in [1.82, 2.24) is 26.6 Å². The summed E-state index contributed by atoms with van der Waals surface area (Å²) in [5.74, 6) is -4.65. The van der Waals surface area contributed by atoms with Crippen LogP contribution in [-0.2, 0) is 38.2 Å². The normalized spacial score (nSPS) is 30.5. The number of nitrogens with one attached hydrogen (secondary N) is 5. The lowest BCUT2D eigenvalue weighted by atomic mass is 9.79. The van der Waals surface area contributed by atoms with Crippen LogP contribution in [0.2, 0.25) is 0 Å². The number of aliphatic hydroxyl groups excluding tert-OH is 7. The van der Waals surface area contributed by atoms with Crippen LogP contribution in [0.1, 0.15) is 47.0 Å². The lowest BCUT2D eigenvalue weighted by Gasteiger charge is -2.42. The molecule has 1 aliphatic carbocycles. The van der Waals surface area contributed by atoms with Crippen LogP contribution in [-0.4, -0.2) is 171 Å². The van der Waals surface area contributed by atoms with Gasteiger partial charge in [-0.05, 0) is 26.7 Å². The number of hydrogen-bond donors (Lipinski definition) is 12. The highest BCUT2D eigenvalue weighted by Gasteiger charge is 2.46. The number of aliphatic hydroxyl groups is 7. The van der Waals surface area contributed by atoms with Crippen LogP contribution in [0.15, 0.2) is 0 Å². The van der Waals surface area contributed by atoms with Crippen LogP contribution in [0.3, 0.4) is 0 Å². The third-order valence-corrected chi connectivity index (χ3v) is 8.42. The fraction of sp³-hybridized carbons (Fsp3) is 0.833. The van der Waals surface area contributed by atoms with E-state index in [-0.39, 0.29) is 26.2 Å². The van der Waals surface area contributed by atoms with Gasteiger partial charge in [0, 0.05) is 39.5 Å². The molecule has 2 aliphatic rings. The number of carbonyl (C=O) groups is 5. The Labute approximate surface area is 289 Å². The second kappa shape index (κ2) is 20.1. The molecule has 288 valence electrons. The van der Waals surface area contributed by atoms with E-state index in [1.54, 1.807) is 13.8 Å². The monoisotopic (exact) mass is 723 g/mol. The van der Waals surface area contributed by atoms with E-state index in [0.29, 0.717) is 6.42 Å². The van der Waals surface area contributed by atoms with E-state index < -0.39 is 128 Å². The maximum atomic E-state index is 13.2. The summed E-state index contributed by atoms with van der Waals surface area (Å²) in [7, 11) is 0. The second-order valence-electron chi connectivity index (χ2n) is 13.0. The van der Waals surface area contributed by atoms with E-state index in [2.05, 4.69) is 26.6 Å². The van der Waals surface area contributed by atoms with Crippen LogP contribution in [0, 0.1) is 5.92 Å². The summed E-state index contributed by atoms with van der Waals surface area (Å²) in [5.41, 5.74) is -0.702. The molecule has 50 heavy (non-hydrogen) atoms. The summed E-state index contributed by atoms with van der Waals surface area (Å²) >= 11 is 0. The molecule has 20 heteroatoms. The molecule has 0 aromatic carbocycles. The van der Waals surface area contributed by atoms with Crippen molar-refractivity contribution < 1.29 is 73.9 Å². The third kappa shape index (κ3) is 12.9. The van der Waals surface area contributed by atoms with Gasteiger partial charge >= 0.3 is 0 Å². The minimum atomic E-state index is -1.66. The smallest absolute Gasteiger partial charge is 0.246 e. The van der Waals surface area contributed by atoms with Crippen LogP contribution in [0.4, 0.5) is 0 Å². The van der Waals surface area contributed by atoms with Gasteiger partial charge in [0.15, 0.2) is 6.23 Å². The van der Waals surface area contributed by atoms with Crippen molar-refractivity contribution in [3.8, 4) is 0 Å². The highest BCUT2D eigenvalue weighted by molar-refractivity contribution is 5.92. The van der Waals surface area contributed by atoms with Gasteiger partial charge in [-0.2, -0.15) is 0 Å². The Bertz CT molecular complexity index is 1150. The minimum Gasteiger partial charge on any atom is -0.396 e. The zero-order valence-electron chi connectivity index (χ0n) is 28.6. The largest absolute Gasteiger partial charge is 0.396 e. The Morgan fingerprint density at radius 2 is 1.46 bits per heavy atom. The molecule has 0 aromatic rings. The van der Waals surface area contributed by atoms with Gasteiger partial charge in [0.25, 0.3) is 0 Å². The van der Waals surface area contributed by atoms with Crippen LogP contribution >= 0.6 is 0 Å². The summed E-state index contributed by atoms with van der Waals surface area (Å²) < 4.78 is 16.8. The average Bonchev–Trinajstić information content (AvgIpc) is 3.03. The minimum absolute atomic E-state index is 0.0121. The average molecular weight is 724 g/mol. The van der Waals surface area contributed by atoms with Crippen LogP contribution < -0.4 is 26.6 Å². The molecule has 11 atom stereocenters. The van der Waals surface area contributed by atoms with Crippen molar-refractivity contribution in [2.75, 3.05) is 39.6 Å². The Kier molecular flexibility index (Phi) is 17.3. The third-order valence-electron chi connectivity index (χ3n) is 8.42. The van der Waals surface area contributed by atoms with E-state index >= 15 is 0 Å². The van der Waals surface area contributed by atoms with Gasteiger partial charge in [-0.1, -0.05) is 0 Å². The second-order valence-corrected chi connectivity index (χ2v) is 13.0. The maximum Gasteiger partial charge on any atom is 0.246 e. The molecule has 2 rings (SSSR count). The summed E-state index contributed by atoms with van der Waals surface area (Å²) in [6.45, 7) is 3.62. The molecule has 1 saturated carbocycles. The van der Waals surface area contributed by atoms with E-state index in [4.69, 9.17) is 14.2 Å². The van der Waals surface area contributed by atoms with Crippen molar-refractivity contribution in [3.63, 3.8) is 0 Å². The molecule has 0 bridgehead atoms. The van der Waals surface area contributed by atoms with Gasteiger partial charge in [-0.3, -0.25) is 24.0 Å². The van der Waals surface area contributed by atoms with Crippen molar-refractivity contribution in [2.24, 2.45) is 5.92 Å². The summed E-state index contributed by atoms with van der Waals surface area (Å²) in [4.78, 5) is 63.0. The zero-order valence-corrected chi connectivity index (χ0v) is 28.6. The summed E-state index contributed by atoms with van der Waals surface area (Å²) in [6, 6.07) is -4.03. The van der Waals surface area contributed by atoms with Crippen molar-refractivity contribution in [2.45, 2.75) is 114 Å². The molecule has 0 aromatic heterocycles. The Morgan fingerprint density at radius 1 is 0.840 bits per heavy atom. The lowest BCUT2D eigenvalue weighted by Crippen LogP contribution is -2.68. The highest BCUT2D eigenvalue weighted by atomic mass is 16.5. The predicted octanol–water partition coefficient (Wildman–Crippen LogP) is -6.16. The quantitative estimate of drug-likeness (QED) is 0.0586. The van der Waals surface area contributed by atoms with Gasteiger partial charge in [-0.15, -0.1) is 0 Å². The maximum absolute atomic E-state index is 13.2. The Hall–Kier alpha value is -3.05. The van der Waals surface area contributed by atoms with Gasteiger partial charge in [0.2, 0.25) is 29.5 Å². The Balaban J connectivity index is 2.18. The molecule has 0 spiro atoms. The molecule has 1 aliphatic heterocycles. The first-order chi connectivity index (χ1) is 23.4. The highest BCUT2D eigenvalue weighted by Crippen LogP contribution is 2.28. The van der Waals surface area contributed by atoms with Crippen molar-refractivity contribution in [3.05, 3.63) is 0 Å². The first-order valence-electron chi connectivity index (χ1n) is 16.3. The molecule has 1 saturated heterocycles. The first-order valence-corrected chi connectivity index (χ1v) is 16.3. The molecule has 1 heterocycles. The van der Waals surface area contributed by atoms with Gasteiger partial charge in [-0.25, -0.2) is 0 Å². The number of ether oxygens (including phenoxy) is 3. The molecule has 5 amide bonds. The summed E-state index contributed by atoms with van der Waals surface area (Å²) in [5, 5.41) is 82.2. The fourth-order valence-corrected chi connectivity index (χ4v) is 5.70.